The summed E-state index contributed by atoms with van der Waals surface area (Å²) in [5.41, 5.74) is 3.88. The van der Waals surface area contributed by atoms with E-state index in [-0.39, 0.29) is 11.7 Å². The van der Waals surface area contributed by atoms with Crippen LogP contribution >= 0.6 is 0 Å². The molecular weight excluding hydrogens is 338 g/mol. The van der Waals surface area contributed by atoms with E-state index in [0.29, 0.717) is 12.3 Å². The van der Waals surface area contributed by atoms with Crippen molar-refractivity contribution in [2.45, 2.75) is 13.5 Å². The normalized spacial score (nSPS) is 10.7. The van der Waals surface area contributed by atoms with E-state index in [0.717, 1.165) is 16.9 Å². The van der Waals surface area contributed by atoms with Gasteiger partial charge in [-0.05, 0) is 60.5 Å². The summed E-state index contributed by atoms with van der Waals surface area (Å²) in [5, 5.41) is 12.0. The molecule has 0 radical (unpaired) electrons. The molecule has 0 saturated heterocycles. The predicted molar refractivity (Wildman–Crippen MR) is 108 cm³/mol. The quantitative estimate of drug-likeness (QED) is 0.484. The van der Waals surface area contributed by atoms with Gasteiger partial charge in [-0.2, -0.15) is 0 Å². The number of hydrogen-bond donors (Lipinski definition) is 2. The van der Waals surface area contributed by atoms with Crippen molar-refractivity contribution in [1.29, 1.82) is 0 Å². The summed E-state index contributed by atoms with van der Waals surface area (Å²) in [6, 6.07) is 22.1. The van der Waals surface area contributed by atoms with Gasteiger partial charge < -0.3 is 15.2 Å². The van der Waals surface area contributed by atoms with Crippen LogP contribution in [-0.4, -0.2) is 11.0 Å². The Hall–Kier alpha value is -3.53. The molecule has 0 spiro atoms. The van der Waals surface area contributed by atoms with Gasteiger partial charge in [-0.3, -0.25) is 4.79 Å². The Morgan fingerprint density at radius 1 is 0.963 bits per heavy atom. The highest BCUT2D eigenvalue weighted by molar-refractivity contribution is 6.01. The molecule has 0 aliphatic carbocycles. The summed E-state index contributed by atoms with van der Waals surface area (Å²) in [6.45, 7) is 2.58. The summed E-state index contributed by atoms with van der Waals surface area (Å²) in [4.78, 5) is 11.9. The number of hydrogen-bond acceptors (Lipinski definition) is 3. The van der Waals surface area contributed by atoms with Crippen molar-refractivity contribution in [2.24, 2.45) is 0 Å². The minimum absolute atomic E-state index is 0.160. The lowest BCUT2D eigenvalue weighted by Crippen LogP contribution is -2.07. The average Bonchev–Trinajstić information content (AvgIpc) is 2.68. The number of nitrogens with one attached hydrogen (secondary N) is 1. The van der Waals surface area contributed by atoms with Gasteiger partial charge >= 0.3 is 0 Å². The average molecular weight is 359 g/mol. The lowest BCUT2D eigenvalue weighted by Gasteiger charge is -2.07. The highest BCUT2D eigenvalue weighted by Crippen LogP contribution is 2.16. The van der Waals surface area contributed by atoms with Crippen molar-refractivity contribution in [3.05, 3.63) is 95.6 Å². The minimum atomic E-state index is -0.236. The first-order valence-corrected chi connectivity index (χ1v) is 8.65. The van der Waals surface area contributed by atoms with Gasteiger partial charge in [-0.1, -0.05) is 42.0 Å². The molecule has 3 aromatic carbocycles. The smallest absolute Gasteiger partial charge is 0.248 e. The number of aryl methyl sites for hydroxylation is 1. The van der Waals surface area contributed by atoms with E-state index < -0.39 is 0 Å². The van der Waals surface area contributed by atoms with Gasteiger partial charge in [0.05, 0.1) is 0 Å². The summed E-state index contributed by atoms with van der Waals surface area (Å²) in [5.74, 6) is 0.704. The second-order valence-corrected chi connectivity index (χ2v) is 6.21. The maximum absolute atomic E-state index is 11.9. The van der Waals surface area contributed by atoms with Crippen LogP contribution in [-0.2, 0) is 11.4 Å². The Balaban J connectivity index is 1.51. The fraction of sp³-hybridized carbons (Fsp3) is 0.0870. The number of carbonyl (C=O) groups is 1. The van der Waals surface area contributed by atoms with E-state index >= 15 is 0 Å². The lowest BCUT2D eigenvalue weighted by atomic mass is 10.1. The van der Waals surface area contributed by atoms with Crippen molar-refractivity contribution in [3.63, 3.8) is 0 Å². The lowest BCUT2D eigenvalue weighted by molar-refractivity contribution is -0.111. The van der Waals surface area contributed by atoms with Crippen LogP contribution in [0.1, 0.15) is 16.7 Å². The molecule has 0 aliphatic heterocycles. The summed E-state index contributed by atoms with van der Waals surface area (Å²) >= 11 is 0. The van der Waals surface area contributed by atoms with Gasteiger partial charge in [-0.25, -0.2) is 0 Å². The van der Waals surface area contributed by atoms with E-state index in [9.17, 15) is 9.90 Å². The first-order valence-electron chi connectivity index (χ1n) is 8.65. The molecular formula is C23H21NO3. The molecule has 3 aromatic rings. The number of phenolic OH excluding ortho intramolecular Hbond substituents is 1. The van der Waals surface area contributed by atoms with Gasteiger partial charge in [0.1, 0.15) is 18.1 Å². The van der Waals surface area contributed by atoms with Gasteiger partial charge in [0.2, 0.25) is 5.91 Å². The van der Waals surface area contributed by atoms with Crippen LogP contribution in [0, 0.1) is 6.92 Å². The van der Waals surface area contributed by atoms with E-state index in [1.807, 2.05) is 24.3 Å². The number of anilines is 1. The van der Waals surface area contributed by atoms with Crippen molar-refractivity contribution in [3.8, 4) is 11.5 Å². The molecule has 1 amide bonds. The Kier molecular flexibility index (Phi) is 5.90. The van der Waals surface area contributed by atoms with Crippen LogP contribution in [0.25, 0.3) is 6.08 Å². The SMILES string of the molecule is Cc1ccc(COc2ccc(/C=C/C(=O)Nc3ccc(O)cc3)cc2)cc1. The molecule has 0 heterocycles. The monoisotopic (exact) mass is 359 g/mol. The molecule has 0 fully saturated rings. The van der Waals surface area contributed by atoms with Crippen molar-refractivity contribution in [2.75, 3.05) is 5.32 Å². The first-order chi connectivity index (χ1) is 13.1. The van der Waals surface area contributed by atoms with Gasteiger partial charge in [-0.15, -0.1) is 0 Å². The number of phenols is 1. The highest BCUT2D eigenvalue weighted by atomic mass is 16.5. The molecule has 0 bridgehead atoms. The zero-order chi connectivity index (χ0) is 19.1. The number of aromatic hydroxyl groups is 1. The Morgan fingerprint density at radius 2 is 1.63 bits per heavy atom. The summed E-state index contributed by atoms with van der Waals surface area (Å²) < 4.78 is 5.78. The van der Waals surface area contributed by atoms with Crippen LogP contribution in [0.4, 0.5) is 5.69 Å². The molecule has 2 N–H and O–H groups in total. The predicted octanol–water partition coefficient (Wildman–Crippen LogP) is 4.93. The Labute approximate surface area is 158 Å². The minimum Gasteiger partial charge on any atom is -0.508 e. The second-order valence-electron chi connectivity index (χ2n) is 6.21. The second kappa shape index (κ2) is 8.72. The number of amides is 1. The van der Waals surface area contributed by atoms with Crippen molar-refractivity contribution in [1.82, 2.24) is 0 Å². The molecule has 27 heavy (non-hydrogen) atoms. The third-order valence-corrected chi connectivity index (χ3v) is 3.97. The Morgan fingerprint density at radius 3 is 2.30 bits per heavy atom. The first kappa shape index (κ1) is 18.3. The number of ether oxygens (including phenoxy) is 1. The van der Waals surface area contributed by atoms with Crippen LogP contribution in [0.5, 0.6) is 11.5 Å². The fourth-order valence-electron chi connectivity index (χ4n) is 2.43. The molecule has 4 nitrogen and oxygen atoms in total. The molecule has 136 valence electrons. The third-order valence-electron chi connectivity index (χ3n) is 3.97. The molecule has 0 unspecified atom stereocenters. The number of carbonyl (C=O) groups excluding carboxylic acids is 1. The maximum atomic E-state index is 11.9. The molecule has 0 aliphatic rings. The zero-order valence-corrected chi connectivity index (χ0v) is 15.1. The van der Waals surface area contributed by atoms with E-state index in [4.69, 9.17) is 4.74 Å². The largest absolute Gasteiger partial charge is 0.508 e. The van der Waals surface area contributed by atoms with Crippen LogP contribution in [0.3, 0.4) is 0 Å². The van der Waals surface area contributed by atoms with Crippen LogP contribution in [0.2, 0.25) is 0 Å². The third kappa shape index (κ3) is 5.75. The maximum Gasteiger partial charge on any atom is 0.248 e. The highest BCUT2D eigenvalue weighted by Gasteiger charge is 1.99. The van der Waals surface area contributed by atoms with E-state index in [1.54, 1.807) is 18.2 Å². The number of benzene rings is 3. The fourth-order valence-corrected chi connectivity index (χ4v) is 2.43. The molecule has 0 saturated carbocycles. The summed E-state index contributed by atoms with van der Waals surface area (Å²) in [7, 11) is 0. The van der Waals surface area contributed by atoms with Crippen LogP contribution < -0.4 is 10.1 Å². The van der Waals surface area contributed by atoms with Crippen LogP contribution in [0.15, 0.2) is 78.9 Å². The van der Waals surface area contributed by atoms with E-state index in [1.165, 1.54) is 23.8 Å². The van der Waals surface area contributed by atoms with Gasteiger partial charge in [0.15, 0.2) is 0 Å². The topological polar surface area (TPSA) is 58.6 Å². The molecule has 0 atom stereocenters. The molecule has 3 rings (SSSR count). The van der Waals surface area contributed by atoms with Crippen molar-refractivity contribution < 1.29 is 14.6 Å². The van der Waals surface area contributed by atoms with Gasteiger partial charge in [0, 0.05) is 11.8 Å². The summed E-state index contributed by atoms with van der Waals surface area (Å²) in [6.07, 6.45) is 3.20. The van der Waals surface area contributed by atoms with Crippen molar-refractivity contribution >= 4 is 17.7 Å². The van der Waals surface area contributed by atoms with Gasteiger partial charge in [0.25, 0.3) is 0 Å². The zero-order valence-electron chi connectivity index (χ0n) is 15.1. The standard InChI is InChI=1S/C23H21NO3/c1-17-2-4-19(5-3-17)16-27-22-13-6-18(7-14-22)8-15-23(26)24-20-9-11-21(25)12-10-20/h2-15,25H,16H2,1H3,(H,24,26)/b15-8+. The Bertz CT molecular complexity index is 911. The molecule has 0 aromatic heterocycles. The van der Waals surface area contributed by atoms with E-state index in [2.05, 4.69) is 36.5 Å². The number of rotatable bonds is 6. The molecule has 4 heteroatoms.